The van der Waals surface area contributed by atoms with Gasteiger partial charge in [-0.05, 0) is 51.4 Å². The summed E-state index contributed by atoms with van der Waals surface area (Å²) in [5, 5.41) is 18.1. The van der Waals surface area contributed by atoms with Crippen LogP contribution in [0.3, 0.4) is 0 Å². The Morgan fingerprint density at radius 2 is 1.08 bits per heavy atom. The fourth-order valence-electron chi connectivity index (χ4n) is 2.28. The van der Waals surface area contributed by atoms with Crippen molar-refractivity contribution in [3.63, 3.8) is 0 Å². The highest BCUT2D eigenvalue weighted by Crippen LogP contribution is 2.24. The number of hydrogen-bond acceptors (Lipinski definition) is 4. The van der Waals surface area contributed by atoms with Gasteiger partial charge in [-0.2, -0.15) is 0 Å². The lowest BCUT2D eigenvalue weighted by Gasteiger charge is -2.28. The fraction of sp³-hybridized carbons (Fsp3) is 0.900. The maximum Gasteiger partial charge on any atom is 0.126 e. The zero-order valence-electron chi connectivity index (χ0n) is 16.5. The van der Waals surface area contributed by atoms with Gasteiger partial charge < -0.3 is 19.7 Å². The van der Waals surface area contributed by atoms with E-state index < -0.39 is 11.2 Å². The molecule has 4 nitrogen and oxygen atoms in total. The van der Waals surface area contributed by atoms with Gasteiger partial charge in [0.25, 0.3) is 0 Å². The molecule has 0 aliphatic carbocycles. The van der Waals surface area contributed by atoms with Gasteiger partial charge in [-0.25, -0.2) is 0 Å². The average molecular weight is 343 g/mol. The van der Waals surface area contributed by atoms with E-state index >= 15 is 0 Å². The third-order valence-electron chi connectivity index (χ3n) is 4.01. The molecule has 0 aromatic rings. The number of hydrogen-bond donors (Lipinski definition) is 2. The van der Waals surface area contributed by atoms with Gasteiger partial charge in [0.2, 0.25) is 0 Å². The average Bonchev–Trinajstić information content (AvgIpc) is 2.53. The third-order valence-corrected chi connectivity index (χ3v) is 4.01. The first-order valence-electron chi connectivity index (χ1n) is 9.20. The minimum absolute atomic E-state index is 0.00935. The van der Waals surface area contributed by atoms with E-state index in [0.29, 0.717) is 11.8 Å². The SMILES string of the molecule is CC(C)CCC(C)(C#CC(C)(CCC(C)C)OCCO)OCCO. The number of ether oxygens (including phenoxy) is 2. The summed E-state index contributed by atoms with van der Waals surface area (Å²) in [5.74, 6) is 7.68. The molecule has 0 aromatic carbocycles. The van der Waals surface area contributed by atoms with Crippen LogP contribution in [0.1, 0.15) is 67.2 Å². The van der Waals surface area contributed by atoms with Crippen molar-refractivity contribution in [3.05, 3.63) is 0 Å². The molecular weight excluding hydrogens is 304 g/mol. The van der Waals surface area contributed by atoms with Crippen LogP contribution in [-0.2, 0) is 9.47 Å². The monoisotopic (exact) mass is 342 g/mol. The highest BCUT2D eigenvalue weighted by molar-refractivity contribution is 5.20. The van der Waals surface area contributed by atoms with Crippen molar-refractivity contribution in [1.29, 1.82) is 0 Å². The summed E-state index contributed by atoms with van der Waals surface area (Å²) in [6.45, 7) is 13.2. The van der Waals surface area contributed by atoms with Crippen LogP contribution in [0.5, 0.6) is 0 Å². The molecule has 2 N–H and O–H groups in total. The Hall–Kier alpha value is -0.600. The van der Waals surface area contributed by atoms with Gasteiger partial charge >= 0.3 is 0 Å². The highest BCUT2D eigenvalue weighted by atomic mass is 16.5. The molecule has 0 aliphatic rings. The molecule has 0 heterocycles. The lowest BCUT2D eigenvalue weighted by atomic mass is 9.91. The summed E-state index contributed by atoms with van der Waals surface area (Å²) in [6.07, 6.45) is 3.66. The molecule has 0 amide bonds. The largest absolute Gasteiger partial charge is 0.394 e. The van der Waals surface area contributed by atoms with Crippen molar-refractivity contribution in [2.45, 2.75) is 78.4 Å². The Morgan fingerprint density at radius 3 is 1.33 bits per heavy atom. The molecule has 0 spiro atoms. The normalized spacial score (nSPS) is 16.6. The summed E-state index contributed by atoms with van der Waals surface area (Å²) < 4.78 is 11.7. The van der Waals surface area contributed by atoms with E-state index in [0.717, 1.165) is 25.7 Å². The van der Waals surface area contributed by atoms with E-state index in [2.05, 4.69) is 39.5 Å². The van der Waals surface area contributed by atoms with Crippen LogP contribution in [0.25, 0.3) is 0 Å². The number of aliphatic hydroxyl groups excluding tert-OH is 2. The molecule has 142 valence electrons. The van der Waals surface area contributed by atoms with Gasteiger partial charge in [-0.15, -0.1) is 0 Å². The standard InChI is InChI=1S/C20H38O4/c1-17(2)7-9-19(5,23-15-13-21)11-12-20(6,24-16-14-22)10-8-18(3)4/h17-18,21-22H,7-10,13-16H2,1-6H3. The fourth-order valence-corrected chi connectivity index (χ4v) is 2.28. The van der Waals surface area contributed by atoms with Gasteiger partial charge in [-0.1, -0.05) is 39.5 Å². The van der Waals surface area contributed by atoms with Gasteiger partial charge in [0.05, 0.1) is 26.4 Å². The smallest absolute Gasteiger partial charge is 0.126 e. The summed E-state index contributed by atoms with van der Waals surface area (Å²) in [7, 11) is 0. The summed E-state index contributed by atoms with van der Waals surface area (Å²) in [5.41, 5.74) is -1.18. The van der Waals surface area contributed by atoms with Crippen molar-refractivity contribution in [2.75, 3.05) is 26.4 Å². The molecule has 0 fully saturated rings. The Kier molecular flexibility index (Phi) is 11.6. The second-order valence-electron chi connectivity index (χ2n) is 7.72. The first-order valence-corrected chi connectivity index (χ1v) is 9.20. The van der Waals surface area contributed by atoms with Crippen LogP contribution in [0, 0.1) is 23.7 Å². The van der Waals surface area contributed by atoms with Gasteiger partial charge in [-0.3, -0.25) is 0 Å². The molecule has 4 heteroatoms. The third kappa shape index (κ3) is 11.0. The topological polar surface area (TPSA) is 58.9 Å². The number of aliphatic hydroxyl groups is 2. The van der Waals surface area contributed by atoms with Crippen LogP contribution in [0.2, 0.25) is 0 Å². The van der Waals surface area contributed by atoms with Gasteiger partial charge in [0.15, 0.2) is 0 Å². The molecule has 0 radical (unpaired) electrons. The Morgan fingerprint density at radius 1 is 0.750 bits per heavy atom. The van der Waals surface area contributed by atoms with Crippen LogP contribution >= 0.6 is 0 Å². The Balaban J connectivity index is 5.18. The van der Waals surface area contributed by atoms with E-state index in [-0.39, 0.29) is 26.4 Å². The summed E-state index contributed by atoms with van der Waals surface area (Å²) in [4.78, 5) is 0. The van der Waals surface area contributed by atoms with Crippen molar-refractivity contribution in [2.24, 2.45) is 11.8 Å². The van der Waals surface area contributed by atoms with Crippen molar-refractivity contribution >= 4 is 0 Å². The van der Waals surface area contributed by atoms with E-state index in [9.17, 15) is 0 Å². The van der Waals surface area contributed by atoms with E-state index in [1.165, 1.54) is 0 Å². The maximum atomic E-state index is 9.07. The van der Waals surface area contributed by atoms with Crippen molar-refractivity contribution in [3.8, 4) is 11.8 Å². The molecule has 0 aromatic heterocycles. The molecular formula is C20H38O4. The highest BCUT2D eigenvalue weighted by Gasteiger charge is 2.26. The van der Waals surface area contributed by atoms with Crippen molar-refractivity contribution < 1.29 is 19.7 Å². The summed E-state index contributed by atoms with van der Waals surface area (Å²) in [6, 6.07) is 0. The predicted molar refractivity (Wildman–Crippen MR) is 98.8 cm³/mol. The van der Waals surface area contributed by atoms with Crippen LogP contribution in [-0.4, -0.2) is 47.8 Å². The van der Waals surface area contributed by atoms with E-state index in [1.807, 2.05) is 13.8 Å². The maximum absolute atomic E-state index is 9.07. The summed E-state index contributed by atoms with van der Waals surface area (Å²) >= 11 is 0. The molecule has 24 heavy (non-hydrogen) atoms. The predicted octanol–water partition coefficient (Wildman–Crippen LogP) is 3.40. The molecule has 0 saturated carbocycles. The van der Waals surface area contributed by atoms with E-state index in [1.54, 1.807) is 0 Å². The van der Waals surface area contributed by atoms with Crippen LogP contribution in [0.4, 0.5) is 0 Å². The van der Waals surface area contributed by atoms with Gasteiger partial charge in [0.1, 0.15) is 11.2 Å². The lowest BCUT2D eigenvalue weighted by molar-refractivity contribution is -0.0214. The molecule has 2 atom stereocenters. The first-order chi connectivity index (χ1) is 11.2. The minimum Gasteiger partial charge on any atom is -0.394 e. The minimum atomic E-state index is -0.589. The van der Waals surface area contributed by atoms with Gasteiger partial charge in [0, 0.05) is 0 Å². The first kappa shape index (κ1) is 23.4. The quantitative estimate of drug-likeness (QED) is 0.534. The van der Waals surface area contributed by atoms with Crippen LogP contribution < -0.4 is 0 Å². The Bertz CT molecular complexity index is 349. The zero-order valence-corrected chi connectivity index (χ0v) is 16.5. The second-order valence-corrected chi connectivity index (χ2v) is 7.72. The molecule has 0 bridgehead atoms. The van der Waals surface area contributed by atoms with Crippen LogP contribution in [0.15, 0.2) is 0 Å². The molecule has 0 saturated heterocycles. The Labute approximate surface area is 148 Å². The molecule has 2 unspecified atom stereocenters. The van der Waals surface area contributed by atoms with E-state index in [4.69, 9.17) is 19.7 Å². The second kappa shape index (κ2) is 11.9. The molecule has 0 aliphatic heterocycles. The number of rotatable bonds is 12. The molecule has 0 rings (SSSR count). The zero-order chi connectivity index (χ0) is 18.6. The lowest BCUT2D eigenvalue weighted by Crippen LogP contribution is -2.33. The van der Waals surface area contributed by atoms with Crippen molar-refractivity contribution in [1.82, 2.24) is 0 Å².